The number of ether oxygens (including phenoxy) is 1. The Balaban J connectivity index is 2.07. The zero-order chi connectivity index (χ0) is 15.2. The molecule has 0 bridgehead atoms. The van der Waals surface area contributed by atoms with Crippen molar-refractivity contribution >= 4 is 21.6 Å². The fraction of sp³-hybridized carbons (Fsp3) is 0.312. The van der Waals surface area contributed by atoms with E-state index in [2.05, 4.69) is 46.1 Å². The van der Waals surface area contributed by atoms with Gasteiger partial charge in [0.1, 0.15) is 12.4 Å². The van der Waals surface area contributed by atoms with Gasteiger partial charge >= 0.3 is 0 Å². The lowest BCUT2D eigenvalue weighted by Crippen LogP contribution is -2.04. The van der Waals surface area contributed by atoms with Gasteiger partial charge in [-0.05, 0) is 32.0 Å². The molecule has 0 aliphatic rings. The quantitative estimate of drug-likeness (QED) is 0.806. The Morgan fingerprint density at radius 3 is 2.95 bits per heavy atom. The van der Waals surface area contributed by atoms with Gasteiger partial charge in [-0.25, -0.2) is 0 Å². The van der Waals surface area contributed by atoms with E-state index in [4.69, 9.17) is 11.2 Å². The minimum Gasteiger partial charge on any atom is -0.481 e. The van der Waals surface area contributed by atoms with Crippen LogP contribution in [-0.4, -0.2) is 16.4 Å². The molecule has 0 atom stereocenters. The number of benzene rings is 1. The largest absolute Gasteiger partial charge is 0.481 e. The first kappa shape index (κ1) is 15.5. The molecule has 1 aromatic heterocycles. The molecule has 0 aliphatic carbocycles. The number of hydrogen-bond acceptors (Lipinski definition) is 3. The summed E-state index contributed by atoms with van der Waals surface area (Å²) in [6.45, 7) is 5.09. The topological polar surface area (TPSA) is 39.1 Å². The van der Waals surface area contributed by atoms with E-state index in [-0.39, 0.29) is 6.61 Å². The summed E-state index contributed by atoms with van der Waals surface area (Å²) in [7, 11) is 0. The summed E-state index contributed by atoms with van der Waals surface area (Å²) in [5.41, 5.74) is 2.02. The number of nitrogens with zero attached hydrogens (tertiary/aromatic N) is 2. The third-order valence-electron chi connectivity index (χ3n) is 2.95. The maximum Gasteiger partial charge on any atom is 0.148 e. The van der Waals surface area contributed by atoms with Crippen LogP contribution in [0.5, 0.6) is 5.75 Å². The standard InChI is InChI=1S/C16H18BrN3O/c1-4-7-21-16-6-5-14(17)8-13(16)9-18-15-10-19-20(11-15)12(2)3/h1,5-6,8,10-12,18H,7,9H2,2-3H3. The van der Waals surface area contributed by atoms with Crippen molar-refractivity contribution in [1.82, 2.24) is 9.78 Å². The van der Waals surface area contributed by atoms with Crippen LogP contribution >= 0.6 is 15.9 Å². The monoisotopic (exact) mass is 347 g/mol. The van der Waals surface area contributed by atoms with Gasteiger partial charge < -0.3 is 10.1 Å². The van der Waals surface area contributed by atoms with Crippen molar-refractivity contribution in [3.63, 3.8) is 0 Å². The van der Waals surface area contributed by atoms with Gasteiger partial charge in [0.15, 0.2) is 0 Å². The third kappa shape index (κ3) is 4.27. The average molecular weight is 348 g/mol. The molecule has 0 aliphatic heterocycles. The number of rotatable bonds is 6. The van der Waals surface area contributed by atoms with Crippen molar-refractivity contribution < 1.29 is 4.74 Å². The lowest BCUT2D eigenvalue weighted by atomic mass is 10.2. The maximum absolute atomic E-state index is 5.56. The van der Waals surface area contributed by atoms with Crippen molar-refractivity contribution in [2.45, 2.75) is 26.4 Å². The third-order valence-corrected chi connectivity index (χ3v) is 3.44. The van der Waals surface area contributed by atoms with Crippen molar-refractivity contribution in [1.29, 1.82) is 0 Å². The number of aromatic nitrogens is 2. The number of halogens is 1. The Bertz CT molecular complexity index is 643. The number of anilines is 1. The Morgan fingerprint density at radius 1 is 1.48 bits per heavy atom. The van der Waals surface area contributed by atoms with E-state index in [0.29, 0.717) is 12.6 Å². The van der Waals surface area contributed by atoms with Crippen molar-refractivity contribution in [2.24, 2.45) is 0 Å². The number of nitrogens with one attached hydrogen (secondary N) is 1. The average Bonchev–Trinajstić information content (AvgIpc) is 2.93. The van der Waals surface area contributed by atoms with E-state index in [1.807, 2.05) is 35.3 Å². The molecule has 0 spiro atoms. The van der Waals surface area contributed by atoms with Crippen LogP contribution in [0.4, 0.5) is 5.69 Å². The van der Waals surface area contributed by atoms with Gasteiger partial charge in [-0.15, -0.1) is 6.42 Å². The summed E-state index contributed by atoms with van der Waals surface area (Å²) < 4.78 is 8.48. The van der Waals surface area contributed by atoms with E-state index in [0.717, 1.165) is 21.5 Å². The fourth-order valence-electron chi connectivity index (χ4n) is 1.86. The smallest absolute Gasteiger partial charge is 0.148 e. The highest BCUT2D eigenvalue weighted by atomic mass is 79.9. The van der Waals surface area contributed by atoms with Crippen molar-refractivity contribution in [2.75, 3.05) is 11.9 Å². The van der Waals surface area contributed by atoms with E-state index in [9.17, 15) is 0 Å². The van der Waals surface area contributed by atoms with Gasteiger partial charge in [-0.2, -0.15) is 5.10 Å². The van der Waals surface area contributed by atoms with Crippen LogP contribution in [0.15, 0.2) is 35.1 Å². The summed E-state index contributed by atoms with van der Waals surface area (Å²) in [5, 5.41) is 7.65. The molecule has 0 unspecified atom stereocenters. The summed E-state index contributed by atoms with van der Waals surface area (Å²) in [6.07, 6.45) is 9.05. The summed E-state index contributed by atoms with van der Waals surface area (Å²) in [5.74, 6) is 3.27. The molecular formula is C16H18BrN3O. The van der Waals surface area contributed by atoms with Gasteiger partial charge in [0.25, 0.3) is 0 Å². The molecule has 110 valence electrons. The SMILES string of the molecule is C#CCOc1ccc(Br)cc1CNc1cnn(C(C)C)c1. The molecule has 1 heterocycles. The molecule has 0 radical (unpaired) electrons. The van der Waals surface area contributed by atoms with Crippen LogP contribution in [0, 0.1) is 12.3 Å². The van der Waals surface area contributed by atoms with Crippen LogP contribution < -0.4 is 10.1 Å². The molecule has 2 aromatic rings. The minimum absolute atomic E-state index is 0.264. The first-order valence-electron chi connectivity index (χ1n) is 6.73. The van der Waals surface area contributed by atoms with Gasteiger partial charge in [0, 0.05) is 28.8 Å². The number of hydrogen-bond donors (Lipinski definition) is 1. The molecule has 0 saturated heterocycles. The zero-order valence-corrected chi connectivity index (χ0v) is 13.7. The van der Waals surface area contributed by atoms with Crippen LogP contribution in [0.3, 0.4) is 0 Å². The Hall–Kier alpha value is -1.93. The minimum atomic E-state index is 0.264. The summed E-state index contributed by atoms with van der Waals surface area (Å²) >= 11 is 3.47. The van der Waals surface area contributed by atoms with Crippen LogP contribution in [-0.2, 0) is 6.54 Å². The Morgan fingerprint density at radius 2 is 2.29 bits per heavy atom. The second-order valence-corrected chi connectivity index (χ2v) is 5.82. The van der Waals surface area contributed by atoms with Gasteiger partial charge in [-0.1, -0.05) is 21.9 Å². The molecule has 1 aromatic carbocycles. The normalized spacial score (nSPS) is 10.4. The van der Waals surface area contributed by atoms with E-state index in [1.165, 1.54) is 0 Å². The van der Waals surface area contributed by atoms with Crippen LogP contribution in [0.1, 0.15) is 25.5 Å². The maximum atomic E-state index is 5.56. The van der Waals surface area contributed by atoms with Gasteiger partial charge in [-0.3, -0.25) is 4.68 Å². The van der Waals surface area contributed by atoms with Crippen molar-refractivity contribution in [3.8, 4) is 18.1 Å². The zero-order valence-electron chi connectivity index (χ0n) is 12.1. The molecule has 5 heteroatoms. The molecule has 0 fully saturated rings. The van der Waals surface area contributed by atoms with Gasteiger partial charge in [0.05, 0.1) is 11.9 Å². The lowest BCUT2D eigenvalue weighted by molar-refractivity contribution is 0.366. The summed E-state index contributed by atoms with van der Waals surface area (Å²) in [4.78, 5) is 0. The molecule has 0 amide bonds. The molecule has 4 nitrogen and oxygen atoms in total. The van der Waals surface area contributed by atoms with Crippen molar-refractivity contribution in [3.05, 3.63) is 40.6 Å². The van der Waals surface area contributed by atoms with E-state index < -0.39 is 0 Å². The number of terminal acetylenes is 1. The predicted octanol–water partition coefficient (Wildman–Crippen LogP) is 3.85. The first-order valence-corrected chi connectivity index (χ1v) is 7.52. The van der Waals surface area contributed by atoms with E-state index >= 15 is 0 Å². The molecule has 0 saturated carbocycles. The second-order valence-electron chi connectivity index (χ2n) is 4.90. The summed E-state index contributed by atoms with van der Waals surface area (Å²) in [6, 6.07) is 6.22. The van der Waals surface area contributed by atoms with Crippen LogP contribution in [0.2, 0.25) is 0 Å². The molecule has 1 N–H and O–H groups in total. The highest BCUT2D eigenvalue weighted by molar-refractivity contribution is 9.10. The fourth-order valence-corrected chi connectivity index (χ4v) is 2.26. The molecule has 2 rings (SSSR count). The lowest BCUT2D eigenvalue weighted by Gasteiger charge is -2.11. The molecular weight excluding hydrogens is 330 g/mol. The Kier molecular flexibility index (Phi) is 5.29. The highest BCUT2D eigenvalue weighted by Gasteiger charge is 2.06. The van der Waals surface area contributed by atoms with E-state index in [1.54, 1.807) is 0 Å². The van der Waals surface area contributed by atoms with Gasteiger partial charge in [0.2, 0.25) is 0 Å². The second kappa shape index (κ2) is 7.19. The Labute approximate surface area is 133 Å². The highest BCUT2D eigenvalue weighted by Crippen LogP contribution is 2.24. The predicted molar refractivity (Wildman–Crippen MR) is 88.4 cm³/mol. The first-order chi connectivity index (χ1) is 10.1. The van der Waals surface area contributed by atoms with Crippen LogP contribution in [0.25, 0.3) is 0 Å². The molecule has 21 heavy (non-hydrogen) atoms.